The molecular formula is C24H28O. The first-order valence-corrected chi connectivity index (χ1v) is 9.45. The van der Waals surface area contributed by atoms with Crippen LogP contribution in [0, 0.1) is 11.3 Å². The lowest BCUT2D eigenvalue weighted by molar-refractivity contribution is -0.120. The second-order valence-electron chi connectivity index (χ2n) is 8.75. The lowest BCUT2D eigenvalue weighted by atomic mass is 9.51. The van der Waals surface area contributed by atoms with Crippen LogP contribution in [0.5, 0.6) is 0 Å². The topological polar surface area (TPSA) is 17.1 Å². The Labute approximate surface area is 151 Å². The zero-order valence-electron chi connectivity index (χ0n) is 16.1. The van der Waals surface area contributed by atoms with E-state index in [0.717, 1.165) is 24.8 Å². The number of carbonyl (C=O) groups is 1. The molecule has 3 aliphatic carbocycles. The van der Waals surface area contributed by atoms with Gasteiger partial charge in [0.05, 0.1) is 0 Å². The molecule has 4 rings (SSSR count). The normalized spacial score (nSPS) is 34.8. The van der Waals surface area contributed by atoms with E-state index in [1.807, 2.05) is 0 Å². The number of benzene rings is 1. The van der Waals surface area contributed by atoms with Crippen molar-refractivity contribution in [2.45, 2.75) is 59.3 Å². The van der Waals surface area contributed by atoms with Crippen molar-refractivity contribution in [2.24, 2.45) is 11.3 Å². The summed E-state index contributed by atoms with van der Waals surface area (Å²) in [6, 6.07) is 10.8. The van der Waals surface area contributed by atoms with Crippen molar-refractivity contribution >= 4 is 5.78 Å². The summed E-state index contributed by atoms with van der Waals surface area (Å²) in [5, 5.41) is 0. The van der Waals surface area contributed by atoms with Crippen molar-refractivity contribution in [1.29, 1.82) is 0 Å². The molecule has 1 aromatic carbocycles. The van der Waals surface area contributed by atoms with Gasteiger partial charge in [-0.3, -0.25) is 4.79 Å². The molecule has 0 aliphatic heterocycles. The molecule has 0 heterocycles. The molecule has 3 atom stereocenters. The van der Waals surface area contributed by atoms with Crippen LogP contribution < -0.4 is 0 Å². The van der Waals surface area contributed by atoms with Crippen LogP contribution in [0.4, 0.5) is 0 Å². The average molecular weight is 332 g/mol. The van der Waals surface area contributed by atoms with Gasteiger partial charge in [0, 0.05) is 16.9 Å². The monoisotopic (exact) mass is 332 g/mol. The summed E-state index contributed by atoms with van der Waals surface area (Å²) in [7, 11) is 0. The summed E-state index contributed by atoms with van der Waals surface area (Å²) in [5.41, 5.74) is 7.76. The second kappa shape index (κ2) is 5.30. The number of hydrogen-bond donors (Lipinski definition) is 0. The predicted octanol–water partition coefficient (Wildman–Crippen LogP) is 5.93. The van der Waals surface area contributed by atoms with Crippen molar-refractivity contribution in [1.82, 2.24) is 0 Å². The number of ketones is 1. The molecule has 1 saturated carbocycles. The van der Waals surface area contributed by atoms with Crippen molar-refractivity contribution in [3.8, 4) is 0 Å². The quantitative estimate of drug-likeness (QED) is 0.583. The third kappa shape index (κ3) is 1.99. The lowest BCUT2D eigenvalue weighted by Crippen LogP contribution is -2.46. The van der Waals surface area contributed by atoms with Gasteiger partial charge >= 0.3 is 0 Å². The van der Waals surface area contributed by atoms with E-state index in [-0.39, 0.29) is 16.7 Å². The molecule has 0 amide bonds. The molecule has 3 aliphatic rings. The molecular weight excluding hydrogens is 304 g/mol. The van der Waals surface area contributed by atoms with Crippen molar-refractivity contribution < 1.29 is 4.79 Å². The highest BCUT2D eigenvalue weighted by molar-refractivity contribution is 6.05. The fraction of sp³-hybridized carbons (Fsp3) is 0.458. The van der Waals surface area contributed by atoms with Gasteiger partial charge in [-0.15, -0.1) is 0 Å². The van der Waals surface area contributed by atoms with Crippen molar-refractivity contribution in [3.63, 3.8) is 0 Å². The standard InChI is InChI=1S/C24H28O/c1-15-11-20-22(25)21-12-16(2)18(4)14-24(21,19-9-7-6-8-10-19)23(20,5)13-17(15)3/h6-10,12,20H,11,13-14H2,1-5H3. The minimum atomic E-state index is -0.179. The minimum absolute atomic E-state index is 0.0389. The average Bonchev–Trinajstić information content (AvgIpc) is 2.76. The Morgan fingerprint density at radius 1 is 0.920 bits per heavy atom. The molecule has 0 bridgehead atoms. The first kappa shape index (κ1) is 16.6. The molecule has 0 N–H and O–H groups in total. The maximum Gasteiger partial charge on any atom is 0.163 e. The Balaban J connectivity index is 2.02. The summed E-state index contributed by atoms with van der Waals surface area (Å²) < 4.78 is 0. The third-order valence-corrected chi connectivity index (χ3v) is 7.49. The smallest absolute Gasteiger partial charge is 0.163 e. The molecule has 1 heteroatoms. The van der Waals surface area contributed by atoms with Crippen LogP contribution in [-0.2, 0) is 10.2 Å². The van der Waals surface area contributed by atoms with E-state index in [1.54, 1.807) is 0 Å². The molecule has 1 fully saturated rings. The highest BCUT2D eigenvalue weighted by Gasteiger charge is 2.65. The van der Waals surface area contributed by atoms with Crippen LogP contribution >= 0.6 is 0 Å². The van der Waals surface area contributed by atoms with E-state index in [0.29, 0.717) is 5.78 Å². The van der Waals surface area contributed by atoms with E-state index in [2.05, 4.69) is 71.0 Å². The van der Waals surface area contributed by atoms with E-state index in [9.17, 15) is 4.79 Å². The zero-order chi connectivity index (χ0) is 18.0. The summed E-state index contributed by atoms with van der Waals surface area (Å²) in [5.74, 6) is 0.506. The van der Waals surface area contributed by atoms with Gasteiger partial charge in [0.1, 0.15) is 0 Å². The van der Waals surface area contributed by atoms with E-state index < -0.39 is 0 Å². The summed E-state index contributed by atoms with van der Waals surface area (Å²) in [6.45, 7) is 11.3. The van der Waals surface area contributed by atoms with Crippen LogP contribution in [0.2, 0.25) is 0 Å². The molecule has 0 aromatic heterocycles. The highest BCUT2D eigenvalue weighted by atomic mass is 16.1. The van der Waals surface area contributed by atoms with Crippen LogP contribution in [-0.4, -0.2) is 5.78 Å². The Kier molecular flexibility index (Phi) is 3.51. The van der Waals surface area contributed by atoms with Crippen LogP contribution in [0.1, 0.15) is 59.4 Å². The largest absolute Gasteiger partial charge is 0.294 e. The molecule has 1 nitrogen and oxygen atoms in total. The van der Waals surface area contributed by atoms with Crippen LogP contribution in [0.3, 0.4) is 0 Å². The molecule has 0 spiro atoms. The van der Waals surface area contributed by atoms with E-state index in [1.165, 1.54) is 27.9 Å². The van der Waals surface area contributed by atoms with E-state index in [4.69, 9.17) is 0 Å². The van der Waals surface area contributed by atoms with Gasteiger partial charge in [-0.05, 0) is 57.9 Å². The van der Waals surface area contributed by atoms with Gasteiger partial charge in [-0.1, -0.05) is 65.6 Å². The van der Waals surface area contributed by atoms with Gasteiger partial charge < -0.3 is 0 Å². The Bertz CT molecular complexity index is 851. The number of allylic oxidation sites excluding steroid dienone is 6. The lowest BCUT2D eigenvalue weighted by Gasteiger charge is -2.50. The van der Waals surface area contributed by atoms with Gasteiger partial charge in [0.2, 0.25) is 0 Å². The fourth-order valence-electron chi connectivity index (χ4n) is 5.74. The zero-order valence-corrected chi connectivity index (χ0v) is 16.1. The molecule has 3 unspecified atom stereocenters. The molecule has 0 radical (unpaired) electrons. The predicted molar refractivity (Wildman–Crippen MR) is 103 cm³/mol. The van der Waals surface area contributed by atoms with Crippen molar-refractivity contribution in [2.75, 3.05) is 0 Å². The SMILES string of the molecule is CC1=C(C)CC2(c3ccccc3)C(=C1)C(=O)C1CC(C)=C(C)CC12C. The number of carbonyl (C=O) groups excluding carboxylic acids is 1. The van der Waals surface area contributed by atoms with Gasteiger partial charge in [0.15, 0.2) is 5.78 Å². The third-order valence-electron chi connectivity index (χ3n) is 7.49. The molecule has 0 saturated heterocycles. The highest BCUT2D eigenvalue weighted by Crippen LogP contribution is 2.67. The van der Waals surface area contributed by atoms with Gasteiger partial charge in [0.25, 0.3) is 0 Å². The molecule has 130 valence electrons. The number of hydrogen-bond acceptors (Lipinski definition) is 1. The Morgan fingerprint density at radius 2 is 1.60 bits per heavy atom. The number of fused-ring (bicyclic) bond motifs is 3. The van der Waals surface area contributed by atoms with Crippen LogP contribution in [0.25, 0.3) is 0 Å². The number of rotatable bonds is 1. The maximum atomic E-state index is 13.5. The first-order valence-electron chi connectivity index (χ1n) is 9.45. The Hall–Kier alpha value is -1.89. The molecule has 1 aromatic rings. The maximum absolute atomic E-state index is 13.5. The van der Waals surface area contributed by atoms with Crippen molar-refractivity contribution in [3.05, 3.63) is 69.8 Å². The van der Waals surface area contributed by atoms with Gasteiger partial charge in [-0.25, -0.2) is 0 Å². The summed E-state index contributed by atoms with van der Waals surface area (Å²) in [6.07, 6.45) is 5.13. The Morgan fingerprint density at radius 3 is 2.28 bits per heavy atom. The molecule has 25 heavy (non-hydrogen) atoms. The number of Topliss-reactive ketones (excluding diaryl/α,β-unsaturated/α-hetero) is 1. The summed E-state index contributed by atoms with van der Waals surface area (Å²) >= 11 is 0. The second-order valence-corrected chi connectivity index (χ2v) is 8.75. The minimum Gasteiger partial charge on any atom is -0.294 e. The summed E-state index contributed by atoms with van der Waals surface area (Å²) in [4.78, 5) is 13.5. The first-order chi connectivity index (χ1) is 11.8. The van der Waals surface area contributed by atoms with E-state index >= 15 is 0 Å². The fourth-order valence-corrected chi connectivity index (χ4v) is 5.74. The van der Waals surface area contributed by atoms with Crippen LogP contribution in [0.15, 0.2) is 64.3 Å². The van der Waals surface area contributed by atoms with Gasteiger partial charge in [-0.2, -0.15) is 0 Å².